The normalized spacial score (nSPS) is 14.0. The highest BCUT2D eigenvalue weighted by Gasteiger charge is 2.13. The molecule has 0 radical (unpaired) electrons. The van der Waals surface area contributed by atoms with Crippen LogP contribution in [0, 0.1) is 17.2 Å². The number of carbonyl (C=O) groups is 1. The zero-order valence-corrected chi connectivity index (χ0v) is 9.62. The molecule has 0 aromatic carbocycles. The zero-order chi connectivity index (χ0) is 11.7. The Balaban J connectivity index is 3.95. The summed E-state index contributed by atoms with van der Waals surface area (Å²) in [6.45, 7) is 4.53. The molecule has 0 aliphatic rings. The average molecular weight is 211 g/mol. The molecular weight excluding hydrogens is 190 g/mol. The lowest BCUT2D eigenvalue weighted by Crippen LogP contribution is -2.36. The van der Waals surface area contributed by atoms with E-state index in [1.807, 2.05) is 13.8 Å². The second-order valence-corrected chi connectivity index (χ2v) is 3.75. The van der Waals surface area contributed by atoms with Gasteiger partial charge in [-0.2, -0.15) is 5.26 Å². The Labute approximate surface area is 91.8 Å². The first-order valence-corrected chi connectivity index (χ1v) is 5.54. The van der Waals surface area contributed by atoms with Gasteiger partial charge < -0.3 is 11.1 Å². The van der Waals surface area contributed by atoms with Crippen molar-refractivity contribution in [3.63, 3.8) is 0 Å². The van der Waals surface area contributed by atoms with E-state index in [0.29, 0.717) is 19.4 Å². The number of hydrogen-bond donors (Lipinski definition) is 2. The molecule has 0 aromatic rings. The molecule has 0 saturated heterocycles. The van der Waals surface area contributed by atoms with Crippen molar-refractivity contribution < 1.29 is 4.79 Å². The molecule has 2 atom stereocenters. The number of nitrogens with zero attached hydrogens (tertiary/aromatic N) is 1. The molecule has 0 fully saturated rings. The maximum atomic E-state index is 11.5. The van der Waals surface area contributed by atoms with E-state index in [-0.39, 0.29) is 17.9 Å². The number of hydrogen-bond acceptors (Lipinski definition) is 3. The minimum absolute atomic E-state index is 0.00870. The van der Waals surface area contributed by atoms with E-state index < -0.39 is 0 Å². The van der Waals surface area contributed by atoms with Crippen LogP contribution in [0.5, 0.6) is 0 Å². The molecule has 4 nitrogen and oxygen atoms in total. The van der Waals surface area contributed by atoms with E-state index in [0.717, 1.165) is 12.8 Å². The van der Waals surface area contributed by atoms with E-state index >= 15 is 0 Å². The van der Waals surface area contributed by atoms with Gasteiger partial charge in [-0.1, -0.05) is 20.3 Å². The Morgan fingerprint density at radius 3 is 2.53 bits per heavy atom. The molecule has 0 spiro atoms. The number of amides is 1. The topological polar surface area (TPSA) is 78.9 Å². The van der Waals surface area contributed by atoms with Crippen LogP contribution in [0.1, 0.15) is 39.5 Å². The first kappa shape index (κ1) is 13.9. The van der Waals surface area contributed by atoms with Crippen LogP contribution in [-0.2, 0) is 4.79 Å². The molecule has 86 valence electrons. The van der Waals surface area contributed by atoms with Gasteiger partial charge in [-0.25, -0.2) is 0 Å². The Kier molecular flexibility index (Phi) is 7.65. The summed E-state index contributed by atoms with van der Waals surface area (Å²) in [5.41, 5.74) is 5.52. The van der Waals surface area contributed by atoms with Crippen molar-refractivity contribution >= 4 is 5.91 Å². The predicted molar refractivity (Wildman–Crippen MR) is 59.9 cm³/mol. The summed E-state index contributed by atoms with van der Waals surface area (Å²) in [5, 5.41) is 11.4. The molecule has 0 heterocycles. The highest BCUT2D eigenvalue weighted by Crippen LogP contribution is 2.06. The summed E-state index contributed by atoms with van der Waals surface area (Å²) in [6.07, 6.45) is 2.55. The Morgan fingerprint density at radius 2 is 2.13 bits per heavy atom. The fourth-order valence-electron chi connectivity index (χ4n) is 1.35. The quantitative estimate of drug-likeness (QED) is 0.663. The van der Waals surface area contributed by atoms with Crippen molar-refractivity contribution in [3.05, 3.63) is 0 Å². The van der Waals surface area contributed by atoms with Gasteiger partial charge >= 0.3 is 0 Å². The van der Waals surface area contributed by atoms with Gasteiger partial charge in [-0.05, 0) is 18.9 Å². The number of nitriles is 1. The third kappa shape index (κ3) is 6.08. The van der Waals surface area contributed by atoms with E-state index in [4.69, 9.17) is 11.0 Å². The summed E-state index contributed by atoms with van der Waals surface area (Å²) < 4.78 is 0. The largest absolute Gasteiger partial charge is 0.352 e. The molecule has 15 heavy (non-hydrogen) atoms. The molecule has 4 heteroatoms. The fourth-order valence-corrected chi connectivity index (χ4v) is 1.35. The van der Waals surface area contributed by atoms with Crippen molar-refractivity contribution in [3.8, 4) is 6.07 Å². The number of nitrogens with two attached hydrogens (primary N) is 1. The third-order valence-electron chi connectivity index (χ3n) is 2.58. The average Bonchev–Trinajstić information content (AvgIpc) is 2.25. The Hall–Kier alpha value is -1.08. The maximum Gasteiger partial charge on any atom is 0.220 e. The zero-order valence-electron chi connectivity index (χ0n) is 9.62. The van der Waals surface area contributed by atoms with Gasteiger partial charge in [0, 0.05) is 12.5 Å². The first-order valence-electron chi connectivity index (χ1n) is 5.54. The standard InChI is InChI=1S/C11H21N3O/c1-3-9(8-13)7-11(15)14-10(4-2)5-6-12/h9-10H,3-5,7-8,13H2,1-2H3,(H,14,15). The van der Waals surface area contributed by atoms with Crippen LogP contribution in [0.25, 0.3) is 0 Å². The predicted octanol–water partition coefficient (Wildman–Crippen LogP) is 1.17. The molecule has 0 saturated carbocycles. The lowest BCUT2D eigenvalue weighted by molar-refractivity contribution is -0.122. The molecule has 1 amide bonds. The highest BCUT2D eigenvalue weighted by molar-refractivity contribution is 5.76. The molecule has 2 unspecified atom stereocenters. The summed E-state index contributed by atoms with van der Waals surface area (Å²) in [4.78, 5) is 11.5. The second kappa shape index (κ2) is 8.25. The van der Waals surface area contributed by atoms with Crippen LogP contribution in [0.4, 0.5) is 0 Å². The minimum atomic E-state index is -0.0159. The smallest absolute Gasteiger partial charge is 0.220 e. The van der Waals surface area contributed by atoms with Crippen LogP contribution in [-0.4, -0.2) is 18.5 Å². The van der Waals surface area contributed by atoms with E-state index in [9.17, 15) is 4.79 Å². The molecule has 0 aliphatic heterocycles. The summed E-state index contributed by atoms with van der Waals surface area (Å²) in [7, 11) is 0. The SMILES string of the molecule is CCC(CN)CC(=O)NC(CC)CC#N. The van der Waals surface area contributed by atoms with E-state index in [1.165, 1.54) is 0 Å². The highest BCUT2D eigenvalue weighted by atomic mass is 16.1. The van der Waals surface area contributed by atoms with Crippen LogP contribution in [0.3, 0.4) is 0 Å². The van der Waals surface area contributed by atoms with Crippen LogP contribution in [0.15, 0.2) is 0 Å². The summed E-state index contributed by atoms with van der Waals surface area (Å²) in [6, 6.07) is 2.05. The van der Waals surface area contributed by atoms with Gasteiger partial charge in [0.15, 0.2) is 0 Å². The van der Waals surface area contributed by atoms with Gasteiger partial charge in [0.05, 0.1) is 12.5 Å². The van der Waals surface area contributed by atoms with Gasteiger partial charge in [0.25, 0.3) is 0 Å². The van der Waals surface area contributed by atoms with E-state index in [2.05, 4.69) is 11.4 Å². The molecule has 0 aromatic heterocycles. The number of carbonyl (C=O) groups excluding carboxylic acids is 1. The lowest BCUT2D eigenvalue weighted by Gasteiger charge is -2.16. The van der Waals surface area contributed by atoms with Crippen molar-refractivity contribution in [2.24, 2.45) is 11.7 Å². The van der Waals surface area contributed by atoms with Crippen molar-refractivity contribution in [1.29, 1.82) is 5.26 Å². The molecule has 3 N–H and O–H groups in total. The number of nitrogens with one attached hydrogen (secondary N) is 1. The van der Waals surface area contributed by atoms with Crippen molar-refractivity contribution in [2.45, 2.75) is 45.6 Å². The van der Waals surface area contributed by atoms with Crippen LogP contribution in [0.2, 0.25) is 0 Å². The molecule has 0 bridgehead atoms. The van der Waals surface area contributed by atoms with Crippen LogP contribution >= 0.6 is 0 Å². The Bertz CT molecular complexity index is 218. The molecular formula is C11H21N3O. The van der Waals surface area contributed by atoms with E-state index in [1.54, 1.807) is 0 Å². The van der Waals surface area contributed by atoms with Gasteiger partial charge in [-0.3, -0.25) is 4.79 Å². The maximum absolute atomic E-state index is 11.5. The lowest BCUT2D eigenvalue weighted by atomic mass is 10.0. The van der Waals surface area contributed by atoms with Crippen molar-refractivity contribution in [2.75, 3.05) is 6.54 Å². The monoisotopic (exact) mass is 211 g/mol. The van der Waals surface area contributed by atoms with Gasteiger partial charge in [0.2, 0.25) is 5.91 Å². The fraction of sp³-hybridized carbons (Fsp3) is 0.818. The summed E-state index contributed by atoms with van der Waals surface area (Å²) >= 11 is 0. The van der Waals surface area contributed by atoms with Gasteiger partial charge in [0.1, 0.15) is 0 Å². The summed E-state index contributed by atoms with van der Waals surface area (Å²) in [5.74, 6) is 0.263. The van der Waals surface area contributed by atoms with Gasteiger partial charge in [-0.15, -0.1) is 0 Å². The minimum Gasteiger partial charge on any atom is -0.352 e. The van der Waals surface area contributed by atoms with Crippen LogP contribution < -0.4 is 11.1 Å². The van der Waals surface area contributed by atoms with Crippen molar-refractivity contribution in [1.82, 2.24) is 5.32 Å². The molecule has 0 rings (SSSR count). The first-order chi connectivity index (χ1) is 7.17. The third-order valence-corrected chi connectivity index (χ3v) is 2.58. The molecule has 0 aliphatic carbocycles. The second-order valence-electron chi connectivity index (χ2n) is 3.75. The number of rotatable bonds is 7. The Morgan fingerprint density at radius 1 is 1.47 bits per heavy atom.